The van der Waals surface area contributed by atoms with Crippen LogP contribution in [0.5, 0.6) is 0 Å². The van der Waals surface area contributed by atoms with Crippen molar-refractivity contribution in [2.75, 3.05) is 12.4 Å². The Morgan fingerprint density at radius 3 is 3.00 bits per heavy atom. The van der Waals surface area contributed by atoms with Crippen LogP contribution >= 0.6 is 11.8 Å². The molecule has 0 fully saturated rings. The molecule has 0 rings (SSSR count). The molecular formula is C8H14O2S. The first-order valence-electron chi connectivity index (χ1n) is 3.69. The summed E-state index contributed by atoms with van der Waals surface area (Å²) in [6.45, 7) is 5.86. The molecule has 0 spiro atoms. The van der Waals surface area contributed by atoms with Crippen LogP contribution in [0.1, 0.15) is 19.8 Å². The number of rotatable bonds is 6. The van der Waals surface area contributed by atoms with Crippen LogP contribution in [0.3, 0.4) is 0 Å². The molecule has 0 aromatic carbocycles. The van der Waals surface area contributed by atoms with Gasteiger partial charge in [-0.2, -0.15) is 0 Å². The van der Waals surface area contributed by atoms with Crippen molar-refractivity contribution in [3.05, 3.63) is 12.0 Å². The third kappa shape index (κ3) is 7.46. The highest BCUT2D eigenvalue weighted by atomic mass is 32.2. The fraction of sp³-hybridized carbons (Fsp3) is 0.625. The Hall–Kier alpha value is -0.440. The van der Waals surface area contributed by atoms with Gasteiger partial charge in [-0.1, -0.05) is 6.58 Å². The van der Waals surface area contributed by atoms with Gasteiger partial charge in [-0.15, -0.1) is 11.8 Å². The standard InChI is InChI=1S/C8H14O2S/c1-3-10-8(9)6-5-7-11-4-2/h4H,2-3,5-7H2,1H3. The van der Waals surface area contributed by atoms with Gasteiger partial charge in [0.15, 0.2) is 0 Å². The van der Waals surface area contributed by atoms with E-state index in [1.165, 1.54) is 0 Å². The molecule has 2 nitrogen and oxygen atoms in total. The summed E-state index contributed by atoms with van der Waals surface area (Å²) in [6.07, 6.45) is 1.39. The number of ether oxygens (including phenoxy) is 1. The summed E-state index contributed by atoms with van der Waals surface area (Å²) in [5.74, 6) is 0.847. The Kier molecular flexibility index (Phi) is 7.36. The molecule has 0 heterocycles. The summed E-state index contributed by atoms with van der Waals surface area (Å²) < 4.78 is 4.75. The second kappa shape index (κ2) is 7.66. The first-order valence-corrected chi connectivity index (χ1v) is 4.74. The van der Waals surface area contributed by atoms with E-state index in [4.69, 9.17) is 4.74 Å². The number of esters is 1. The van der Waals surface area contributed by atoms with E-state index in [1.807, 2.05) is 6.92 Å². The van der Waals surface area contributed by atoms with Crippen LogP contribution in [-0.4, -0.2) is 18.3 Å². The zero-order chi connectivity index (χ0) is 8.53. The molecule has 0 N–H and O–H groups in total. The Labute approximate surface area is 72.0 Å². The van der Waals surface area contributed by atoms with E-state index in [-0.39, 0.29) is 5.97 Å². The highest BCUT2D eigenvalue weighted by molar-refractivity contribution is 8.02. The van der Waals surface area contributed by atoms with Crippen molar-refractivity contribution in [1.82, 2.24) is 0 Å². The summed E-state index contributed by atoms with van der Waals surface area (Å²) in [5, 5.41) is 1.78. The van der Waals surface area contributed by atoms with Crippen molar-refractivity contribution >= 4 is 17.7 Å². The van der Waals surface area contributed by atoms with Gasteiger partial charge in [0.05, 0.1) is 6.61 Å². The van der Waals surface area contributed by atoms with Crippen molar-refractivity contribution in [3.8, 4) is 0 Å². The van der Waals surface area contributed by atoms with E-state index in [0.29, 0.717) is 13.0 Å². The van der Waals surface area contributed by atoms with Crippen LogP contribution in [0.4, 0.5) is 0 Å². The molecule has 0 bridgehead atoms. The molecule has 0 saturated heterocycles. The van der Waals surface area contributed by atoms with Gasteiger partial charge < -0.3 is 4.74 Å². The Balaban J connectivity index is 3.10. The lowest BCUT2D eigenvalue weighted by Crippen LogP contribution is -2.03. The summed E-state index contributed by atoms with van der Waals surface area (Å²) in [5.41, 5.74) is 0. The molecule has 11 heavy (non-hydrogen) atoms. The van der Waals surface area contributed by atoms with E-state index < -0.39 is 0 Å². The van der Waals surface area contributed by atoms with Gasteiger partial charge >= 0.3 is 5.97 Å². The number of carbonyl (C=O) groups is 1. The molecule has 0 aliphatic carbocycles. The van der Waals surface area contributed by atoms with Crippen LogP contribution in [0, 0.1) is 0 Å². The molecule has 0 amide bonds. The van der Waals surface area contributed by atoms with Gasteiger partial charge in [-0.05, 0) is 24.5 Å². The second-order valence-electron chi connectivity index (χ2n) is 1.95. The van der Waals surface area contributed by atoms with Crippen LogP contribution in [-0.2, 0) is 9.53 Å². The van der Waals surface area contributed by atoms with Crippen LogP contribution < -0.4 is 0 Å². The first kappa shape index (κ1) is 10.6. The maximum absolute atomic E-state index is 10.7. The molecule has 0 unspecified atom stereocenters. The Bertz CT molecular complexity index is 123. The molecule has 0 aromatic rings. The van der Waals surface area contributed by atoms with Crippen LogP contribution in [0.2, 0.25) is 0 Å². The van der Waals surface area contributed by atoms with E-state index in [1.54, 1.807) is 17.2 Å². The number of thioether (sulfide) groups is 1. The summed E-state index contributed by atoms with van der Waals surface area (Å²) >= 11 is 1.62. The van der Waals surface area contributed by atoms with Crippen molar-refractivity contribution in [2.45, 2.75) is 19.8 Å². The van der Waals surface area contributed by atoms with E-state index >= 15 is 0 Å². The molecule has 0 atom stereocenters. The maximum atomic E-state index is 10.7. The minimum atomic E-state index is -0.0998. The van der Waals surface area contributed by atoms with Gasteiger partial charge in [0.25, 0.3) is 0 Å². The van der Waals surface area contributed by atoms with Crippen molar-refractivity contribution < 1.29 is 9.53 Å². The van der Waals surface area contributed by atoms with Crippen LogP contribution in [0.25, 0.3) is 0 Å². The Morgan fingerprint density at radius 2 is 2.45 bits per heavy atom. The molecule has 0 aliphatic rings. The average molecular weight is 174 g/mol. The zero-order valence-corrected chi connectivity index (χ0v) is 7.65. The topological polar surface area (TPSA) is 26.3 Å². The van der Waals surface area contributed by atoms with Crippen molar-refractivity contribution in [1.29, 1.82) is 0 Å². The lowest BCUT2D eigenvalue weighted by atomic mass is 10.3. The summed E-state index contributed by atoms with van der Waals surface area (Å²) in [6, 6.07) is 0. The molecule has 0 saturated carbocycles. The van der Waals surface area contributed by atoms with Crippen LogP contribution in [0.15, 0.2) is 12.0 Å². The number of hydrogen-bond acceptors (Lipinski definition) is 3. The van der Waals surface area contributed by atoms with Gasteiger partial charge in [0.2, 0.25) is 0 Å². The maximum Gasteiger partial charge on any atom is 0.305 e. The lowest BCUT2D eigenvalue weighted by Gasteiger charge is -1.99. The molecule has 0 radical (unpaired) electrons. The molecular weight excluding hydrogens is 160 g/mol. The highest BCUT2D eigenvalue weighted by Gasteiger charge is 1.99. The second-order valence-corrected chi connectivity index (χ2v) is 3.02. The van der Waals surface area contributed by atoms with E-state index in [0.717, 1.165) is 12.2 Å². The smallest absolute Gasteiger partial charge is 0.305 e. The quantitative estimate of drug-likeness (QED) is 0.456. The molecule has 3 heteroatoms. The lowest BCUT2D eigenvalue weighted by molar-refractivity contribution is -0.143. The number of hydrogen-bond donors (Lipinski definition) is 0. The van der Waals surface area contributed by atoms with Gasteiger partial charge in [-0.3, -0.25) is 4.79 Å². The van der Waals surface area contributed by atoms with E-state index in [2.05, 4.69) is 6.58 Å². The fourth-order valence-electron chi connectivity index (χ4n) is 0.616. The van der Waals surface area contributed by atoms with Gasteiger partial charge in [-0.25, -0.2) is 0 Å². The normalized spacial score (nSPS) is 9.18. The summed E-state index contributed by atoms with van der Waals surface area (Å²) in [4.78, 5) is 10.7. The third-order valence-corrected chi connectivity index (χ3v) is 1.83. The molecule has 0 aromatic heterocycles. The SMILES string of the molecule is C=CSCCCC(=O)OCC. The third-order valence-electron chi connectivity index (χ3n) is 1.07. The fourth-order valence-corrected chi connectivity index (χ4v) is 1.09. The van der Waals surface area contributed by atoms with Gasteiger partial charge in [0.1, 0.15) is 0 Å². The Morgan fingerprint density at radius 1 is 1.73 bits per heavy atom. The zero-order valence-electron chi connectivity index (χ0n) is 6.84. The van der Waals surface area contributed by atoms with Crippen molar-refractivity contribution in [2.24, 2.45) is 0 Å². The predicted octanol–water partition coefficient (Wildman–Crippen LogP) is 2.21. The molecule has 64 valence electrons. The highest BCUT2D eigenvalue weighted by Crippen LogP contribution is 2.04. The minimum Gasteiger partial charge on any atom is -0.466 e. The largest absolute Gasteiger partial charge is 0.466 e. The van der Waals surface area contributed by atoms with Gasteiger partial charge in [0, 0.05) is 6.42 Å². The predicted molar refractivity (Wildman–Crippen MR) is 48.5 cm³/mol. The van der Waals surface area contributed by atoms with E-state index in [9.17, 15) is 4.79 Å². The average Bonchev–Trinajstić information content (AvgIpc) is 1.99. The number of carbonyl (C=O) groups excluding carboxylic acids is 1. The first-order chi connectivity index (χ1) is 5.31. The molecule has 0 aliphatic heterocycles. The minimum absolute atomic E-state index is 0.0998. The monoisotopic (exact) mass is 174 g/mol. The van der Waals surface area contributed by atoms with Crippen molar-refractivity contribution in [3.63, 3.8) is 0 Å². The summed E-state index contributed by atoms with van der Waals surface area (Å²) in [7, 11) is 0.